The fourth-order valence-electron chi connectivity index (χ4n) is 1.18. The van der Waals surface area contributed by atoms with E-state index in [9.17, 15) is 4.79 Å². The molecular formula is C11H15BrN2O2. The van der Waals surface area contributed by atoms with Crippen LogP contribution in [0, 0.1) is 0 Å². The molecule has 3 N–H and O–H groups in total. The molecule has 1 rings (SSSR count). The van der Waals surface area contributed by atoms with Crippen LogP contribution in [0.1, 0.15) is 5.56 Å². The van der Waals surface area contributed by atoms with E-state index >= 15 is 0 Å². The molecule has 1 atom stereocenters. The van der Waals surface area contributed by atoms with Crippen LogP contribution in [0.25, 0.3) is 0 Å². The Morgan fingerprint density at radius 2 is 2.12 bits per heavy atom. The number of hydrogen-bond acceptors (Lipinski definition) is 3. The molecule has 0 heterocycles. The molecule has 4 nitrogen and oxygen atoms in total. The number of methoxy groups -OCH3 is 1. The second-order valence-corrected chi connectivity index (χ2v) is 4.32. The first-order valence-corrected chi connectivity index (χ1v) is 5.69. The summed E-state index contributed by atoms with van der Waals surface area (Å²) >= 11 is 3.35. The van der Waals surface area contributed by atoms with Crippen LogP contribution in [-0.2, 0) is 16.1 Å². The number of rotatable bonds is 5. The first kappa shape index (κ1) is 13.2. The summed E-state index contributed by atoms with van der Waals surface area (Å²) in [5.74, 6) is -0.204. The van der Waals surface area contributed by atoms with Crippen molar-refractivity contribution < 1.29 is 9.53 Å². The summed E-state index contributed by atoms with van der Waals surface area (Å²) in [6.07, 6.45) is 0. The Balaban J connectivity index is 2.39. The summed E-state index contributed by atoms with van der Waals surface area (Å²) in [6.45, 7) is 0.704. The van der Waals surface area contributed by atoms with Gasteiger partial charge >= 0.3 is 0 Å². The summed E-state index contributed by atoms with van der Waals surface area (Å²) in [7, 11) is 1.52. The highest BCUT2D eigenvalue weighted by Gasteiger charge is 2.11. The average Bonchev–Trinajstić information content (AvgIpc) is 2.28. The smallest absolute Gasteiger partial charge is 0.239 e. The van der Waals surface area contributed by atoms with E-state index < -0.39 is 6.04 Å². The number of carbonyl (C=O) groups is 1. The Labute approximate surface area is 103 Å². The van der Waals surface area contributed by atoms with Gasteiger partial charge in [0.05, 0.1) is 6.61 Å². The van der Waals surface area contributed by atoms with Gasteiger partial charge in [-0.05, 0) is 17.7 Å². The van der Waals surface area contributed by atoms with Crippen molar-refractivity contribution in [1.82, 2.24) is 5.32 Å². The van der Waals surface area contributed by atoms with Crippen LogP contribution >= 0.6 is 15.9 Å². The van der Waals surface area contributed by atoms with Gasteiger partial charge in [-0.1, -0.05) is 28.1 Å². The fraction of sp³-hybridized carbons (Fsp3) is 0.364. The number of halogens is 1. The number of carbonyl (C=O) groups excluding carboxylic acids is 1. The van der Waals surface area contributed by atoms with Crippen molar-refractivity contribution in [2.75, 3.05) is 13.7 Å². The van der Waals surface area contributed by atoms with Gasteiger partial charge in [0.2, 0.25) is 5.91 Å². The Kier molecular flexibility index (Phi) is 5.45. The summed E-state index contributed by atoms with van der Waals surface area (Å²) < 4.78 is 5.81. The number of nitrogens with one attached hydrogen (secondary N) is 1. The second kappa shape index (κ2) is 6.62. The van der Waals surface area contributed by atoms with Crippen LogP contribution in [0.5, 0.6) is 0 Å². The Hall–Kier alpha value is -0.910. The molecule has 5 heteroatoms. The van der Waals surface area contributed by atoms with E-state index in [0.717, 1.165) is 10.0 Å². The lowest BCUT2D eigenvalue weighted by Crippen LogP contribution is -2.43. The molecule has 16 heavy (non-hydrogen) atoms. The molecule has 0 radical (unpaired) electrons. The maximum atomic E-state index is 11.4. The monoisotopic (exact) mass is 286 g/mol. The van der Waals surface area contributed by atoms with Gasteiger partial charge in [-0.2, -0.15) is 0 Å². The van der Waals surface area contributed by atoms with E-state index in [1.165, 1.54) is 7.11 Å². The van der Waals surface area contributed by atoms with E-state index in [4.69, 9.17) is 10.5 Å². The summed E-state index contributed by atoms with van der Waals surface area (Å²) in [4.78, 5) is 11.4. The van der Waals surface area contributed by atoms with Gasteiger partial charge in [-0.15, -0.1) is 0 Å². The number of hydrogen-bond donors (Lipinski definition) is 2. The van der Waals surface area contributed by atoms with Crippen molar-refractivity contribution in [1.29, 1.82) is 0 Å². The van der Waals surface area contributed by atoms with E-state index in [1.807, 2.05) is 24.3 Å². The minimum atomic E-state index is -0.611. The molecule has 1 amide bonds. The highest BCUT2D eigenvalue weighted by Crippen LogP contribution is 2.10. The molecule has 0 aliphatic rings. The van der Waals surface area contributed by atoms with E-state index in [0.29, 0.717) is 6.54 Å². The van der Waals surface area contributed by atoms with Gasteiger partial charge in [0.25, 0.3) is 0 Å². The lowest BCUT2D eigenvalue weighted by molar-refractivity contribution is -0.123. The highest BCUT2D eigenvalue weighted by molar-refractivity contribution is 9.10. The van der Waals surface area contributed by atoms with Crippen molar-refractivity contribution in [3.05, 3.63) is 34.3 Å². The number of amides is 1. The number of ether oxygens (including phenoxy) is 1. The predicted octanol–water partition coefficient (Wildman–Crippen LogP) is 1.04. The number of nitrogens with two attached hydrogens (primary N) is 1. The average molecular weight is 287 g/mol. The van der Waals surface area contributed by atoms with Crippen molar-refractivity contribution >= 4 is 21.8 Å². The molecule has 0 fully saturated rings. The van der Waals surface area contributed by atoms with Crippen molar-refractivity contribution in [2.45, 2.75) is 12.6 Å². The zero-order valence-electron chi connectivity index (χ0n) is 9.07. The first-order chi connectivity index (χ1) is 7.63. The molecule has 0 bridgehead atoms. The second-order valence-electron chi connectivity index (χ2n) is 3.41. The molecule has 1 aromatic rings. The Morgan fingerprint density at radius 3 is 2.69 bits per heavy atom. The SMILES string of the molecule is COC[C@@H](N)C(=O)NCc1ccc(Br)cc1. The Bertz CT molecular complexity index is 340. The van der Waals surface area contributed by atoms with Gasteiger partial charge in [0.15, 0.2) is 0 Å². The topological polar surface area (TPSA) is 64.3 Å². The predicted molar refractivity (Wildman–Crippen MR) is 65.8 cm³/mol. The van der Waals surface area contributed by atoms with E-state index in [-0.39, 0.29) is 12.5 Å². The molecule has 88 valence electrons. The third-order valence-corrected chi connectivity index (χ3v) is 2.59. The van der Waals surface area contributed by atoms with Crippen LogP contribution in [0.4, 0.5) is 0 Å². The molecule has 0 saturated heterocycles. The molecule has 0 aliphatic carbocycles. The van der Waals surface area contributed by atoms with Crippen molar-refractivity contribution in [3.63, 3.8) is 0 Å². The molecule has 0 aromatic heterocycles. The molecule has 0 saturated carbocycles. The number of benzene rings is 1. The van der Waals surface area contributed by atoms with Gasteiger partial charge in [-0.3, -0.25) is 4.79 Å². The normalized spacial score (nSPS) is 12.2. The van der Waals surface area contributed by atoms with Crippen LogP contribution in [0.2, 0.25) is 0 Å². The van der Waals surface area contributed by atoms with E-state index in [1.54, 1.807) is 0 Å². The quantitative estimate of drug-likeness (QED) is 0.850. The van der Waals surface area contributed by atoms with Crippen molar-refractivity contribution in [3.8, 4) is 0 Å². The van der Waals surface area contributed by atoms with Gasteiger partial charge in [0.1, 0.15) is 6.04 Å². The van der Waals surface area contributed by atoms with Crippen LogP contribution in [0.15, 0.2) is 28.7 Å². The maximum Gasteiger partial charge on any atom is 0.239 e. The first-order valence-electron chi connectivity index (χ1n) is 4.90. The molecule has 0 aliphatic heterocycles. The summed E-state index contributed by atoms with van der Waals surface area (Å²) in [5, 5.41) is 2.74. The highest BCUT2D eigenvalue weighted by atomic mass is 79.9. The Morgan fingerprint density at radius 1 is 1.50 bits per heavy atom. The lowest BCUT2D eigenvalue weighted by Gasteiger charge is -2.11. The third-order valence-electron chi connectivity index (χ3n) is 2.06. The lowest BCUT2D eigenvalue weighted by atomic mass is 10.2. The minimum absolute atomic E-state index is 0.204. The molecule has 0 spiro atoms. The van der Waals surface area contributed by atoms with Gasteiger partial charge in [0, 0.05) is 18.1 Å². The standard InChI is InChI=1S/C11H15BrN2O2/c1-16-7-10(13)11(15)14-6-8-2-4-9(12)5-3-8/h2-5,10H,6-7,13H2,1H3,(H,14,15)/t10-/m1/s1. The van der Waals surface area contributed by atoms with Crippen LogP contribution < -0.4 is 11.1 Å². The fourth-order valence-corrected chi connectivity index (χ4v) is 1.44. The molecular weight excluding hydrogens is 272 g/mol. The van der Waals surface area contributed by atoms with Gasteiger partial charge in [-0.25, -0.2) is 0 Å². The minimum Gasteiger partial charge on any atom is -0.383 e. The maximum absolute atomic E-state index is 11.4. The third kappa shape index (κ3) is 4.30. The van der Waals surface area contributed by atoms with Crippen molar-refractivity contribution in [2.24, 2.45) is 5.73 Å². The van der Waals surface area contributed by atoms with Crippen LogP contribution in [-0.4, -0.2) is 25.7 Å². The molecule has 1 aromatic carbocycles. The largest absolute Gasteiger partial charge is 0.383 e. The summed E-state index contributed by atoms with van der Waals surface area (Å²) in [6, 6.07) is 7.12. The molecule has 0 unspecified atom stereocenters. The van der Waals surface area contributed by atoms with Gasteiger partial charge < -0.3 is 15.8 Å². The zero-order valence-corrected chi connectivity index (χ0v) is 10.7. The van der Waals surface area contributed by atoms with E-state index in [2.05, 4.69) is 21.2 Å². The zero-order chi connectivity index (χ0) is 12.0. The summed E-state index contributed by atoms with van der Waals surface area (Å²) in [5.41, 5.74) is 6.60. The van der Waals surface area contributed by atoms with Crippen LogP contribution in [0.3, 0.4) is 0 Å².